The number of nitrogens with zero attached hydrogens (tertiary/aromatic N) is 1. The topological polar surface area (TPSA) is 43.7 Å². The summed E-state index contributed by atoms with van der Waals surface area (Å²) in [6.45, 7) is 0. The SMILES string of the molecule is CN(C)C(c1ccccc1)C(F)(F)C(O)(O)C(F)(F)F. The van der Waals surface area contributed by atoms with Crippen molar-refractivity contribution in [2.75, 3.05) is 14.1 Å². The molecule has 0 saturated carbocycles. The van der Waals surface area contributed by atoms with E-state index in [1.165, 1.54) is 30.3 Å². The van der Waals surface area contributed by atoms with E-state index in [0.717, 1.165) is 19.0 Å². The normalized spacial score (nSPS) is 15.5. The molecule has 0 aromatic heterocycles. The molecule has 114 valence electrons. The van der Waals surface area contributed by atoms with E-state index in [1.807, 2.05) is 0 Å². The maximum Gasteiger partial charge on any atom is 0.449 e. The van der Waals surface area contributed by atoms with Gasteiger partial charge in [0.1, 0.15) is 6.04 Å². The van der Waals surface area contributed by atoms with Gasteiger partial charge in [-0.1, -0.05) is 30.3 Å². The third-order valence-corrected chi connectivity index (χ3v) is 2.84. The first kappa shape index (κ1) is 16.8. The Bertz CT molecular complexity index is 445. The maximum atomic E-state index is 14.0. The zero-order valence-electron chi connectivity index (χ0n) is 10.7. The first-order chi connectivity index (χ1) is 8.93. The second-order valence-corrected chi connectivity index (χ2v) is 4.57. The van der Waals surface area contributed by atoms with Gasteiger partial charge in [-0.05, 0) is 19.7 Å². The van der Waals surface area contributed by atoms with Gasteiger partial charge in [-0.3, -0.25) is 4.90 Å². The van der Waals surface area contributed by atoms with Gasteiger partial charge in [-0.25, -0.2) is 0 Å². The predicted octanol–water partition coefficient (Wildman–Crippen LogP) is 2.17. The molecule has 8 heteroatoms. The fraction of sp³-hybridized carbons (Fsp3) is 0.500. The standard InChI is InChI=1S/C12H14F5NO2/c1-18(2)9(8-6-4-3-5-7-8)10(13,14)11(19,20)12(15,16)17/h3-7,9,19-20H,1-2H3. The fourth-order valence-corrected chi connectivity index (χ4v) is 1.85. The van der Waals surface area contributed by atoms with Crippen molar-refractivity contribution in [2.24, 2.45) is 0 Å². The van der Waals surface area contributed by atoms with Crippen LogP contribution in [-0.4, -0.2) is 47.1 Å². The Balaban J connectivity index is 3.35. The van der Waals surface area contributed by atoms with Crippen LogP contribution in [0.1, 0.15) is 11.6 Å². The average molecular weight is 299 g/mol. The molecule has 0 fully saturated rings. The number of halogens is 5. The van der Waals surface area contributed by atoms with Gasteiger partial charge in [0.15, 0.2) is 0 Å². The van der Waals surface area contributed by atoms with Crippen molar-refractivity contribution >= 4 is 0 Å². The monoisotopic (exact) mass is 299 g/mol. The summed E-state index contributed by atoms with van der Waals surface area (Å²) < 4.78 is 65.5. The Morgan fingerprint density at radius 3 is 1.75 bits per heavy atom. The molecule has 0 saturated heterocycles. The Labute approximate surface area is 112 Å². The summed E-state index contributed by atoms with van der Waals surface area (Å²) in [6.07, 6.45) is -5.89. The van der Waals surface area contributed by atoms with Gasteiger partial charge >= 0.3 is 17.9 Å². The van der Waals surface area contributed by atoms with Crippen LogP contribution in [0.2, 0.25) is 0 Å². The molecular weight excluding hydrogens is 285 g/mol. The molecule has 0 aliphatic heterocycles. The van der Waals surface area contributed by atoms with Crippen molar-refractivity contribution < 1.29 is 32.2 Å². The summed E-state index contributed by atoms with van der Waals surface area (Å²) in [4.78, 5) is 0.794. The lowest BCUT2D eigenvalue weighted by Gasteiger charge is -2.40. The average Bonchev–Trinajstić information content (AvgIpc) is 2.27. The van der Waals surface area contributed by atoms with Crippen molar-refractivity contribution in [3.63, 3.8) is 0 Å². The first-order valence-corrected chi connectivity index (χ1v) is 5.53. The zero-order chi connectivity index (χ0) is 15.8. The Morgan fingerprint density at radius 2 is 1.40 bits per heavy atom. The van der Waals surface area contributed by atoms with Crippen LogP contribution in [0.3, 0.4) is 0 Å². The number of hydrogen-bond acceptors (Lipinski definition) is 3. The van der Waals surface area contributed by atoms with E-state index in [4.69, 9.17) is 10.2 Å². The van der Waals surface area contributed by atoms with Gasteiger partial charge in [-0.2, -0.15) is 22.0 Å². The van der Waals surface area contributed by atoms with Crippen LogP contribution in [-0.2, 0) is 0 Å². The summed E-state index contributed by atoms with van der Waals surface area (Å²) >= 11 is 0. The summed E-state index contributed by atoms with van der Waals surface area (Å²) in [5.41, 5.74) is -0.167. The second kappa shape index (κ2) is 5.27. The lowest BCUT2D eigenvalue weighted by atomic mass is 9.93. The van der Waals surface area contributed by atoms with E-state index in [0.29, 0.717) is 0 Å². The lowest BCUT2D eigenvalue weighted by molar-refractivity contribution is -0.425. The largest absolute Gasteiger partial charge is 0.449 e. The molecule has 1 aromatic carbocycles. The highest BCUT2D eigenvalue weighted by Gasteiger charge is 2.72. The Morgan fingerprint density at radius 1 is 0.950 bits per heavy atom. The molecule has 0 amide bonds. The van der Waals surface area contributed by atoms with Gasteiger partial charge in [-0.15, -0.1) is 0 Å². The highest BCUT2D eigenvalue weighted by atomic mass is 19.4. The molecule has 0 bridgehead atoms. The molecular formula is C12H14F5NO2. The third kappa shape index (κ3) is 2.77. The summed E-state index contributed by atoms with van der Waals surface area (Å²) in [5.74, 6) is -10.00. The number of hydrogen-bond donors (Lipinski definition) is 2. The van der Waals surface area contributed by atoms with Crippen molar-refractivity contribution in [2.45, 2.75) is 23.9 Å². The molecule has 20 heavy (non-hydrogen) atoms. The minimum absolute atomic E-state index is 0.167. The summed E-state index contributed by atoms with van der Waals surface area (Å²) in [5, 5.41) is 17.8. The van der Waals surface area contributed by atoms with Crippen LogP contribution in [0.5, 0.6) is 0 Å². The number of benzene rings is 1. The quantitative estimate of drug-likeness (QED) is 0.661. The van der Waals surface area contributed by atoms with Crippen molar-refractivity contribution in [1.82, 2.24) is 4.90 Å². The molecule has 3 nitrogen and oxygen atoms in total. The van der Waals surface area contributed by atoms with Gasteiger partial charge < -0.3 is 10.2 Å². The molecule has 1 unspecified atom stereocenters. The smallest absolute Gasteiger partial charge is 0.354 e. The summed E-state index contributed by atoms with van der Waals surface area (Å²) in [6, 6.07) is 4.46. The van der Waals surface area contributed by atoms with Crippen LogP contribution in [0.15, 0.2) is 30.3 Å². The van der Waals surface area contributed by atoms with E-state index in [2.05, 4.69) is 0 Å². The molecule has 0 spiro atoms. The van der Waals surface area contributed by atoms with Gasteiger partial charge in [0.2, 0.25) is 0 Å². The Hall–Kier alpha value is -1.25. The minimum atomic E-state index is -5.89. The van der Waals surface area contributed by atoms with E-state index in [9.17, 15) is 22.0 Å². The number of rotatable bonds is 4. The molecule has 0 aliphatic rings. The first-order valence-electron chi connectivity index (χ1n) is 5.53. The van der Waals surface area contributed by atoms with E-state index < -0.39 is 23.9 Å². The minimum Gasteiger partial charge on any atom is -0.354 e. The molecule has 0 radical (unpaired) electrons. The van der Waals surface area contributed by atoms with Crippen LogP contribution in [0, 0.1) is 0 Å². The van der Waals surface area contributed by atoms with Gasteiger partial charge in [0.25, 0.3) is 0 Å². The van der Waals surface area contributed by atoms with Gasteiger partial charge in [0, 0.05) is 0 Å². The van der Waals surface area contributed by atoms with E-state index in [1.54, 1.807) is 0 Å². The molecule has 1 aromatic rings. The third-order valence-electron chi connectivity index (χ3n) is 2.84. The zero-order valence-corrected chi connectivity index (χ0v) is 10.7. The fourth-order valence-electron chi connectivity index (χ4n) is 1.85. The lowest BCUT2D eigenvalue weighted by Crippen LogP contribution is -2.63. The molecule has 1 atom stereocenters. The molecule has 0 heterocycles. The Kier molecular flexibility index (Phi) is 4.42. The van der Waals surface area contributed by atoms with Crippen LogP contribution in [0.4, 0.5) is 22.0 Å². The predicted molar refractivity (Wildman–Crippen MR) is 61.0 cm³/mol. The second-order valence-electron chi connectivity index (χ2n) is 4.57. The maximum absolute atomic E-state index is 14.0. The highest BCUT2D eigenvalue weighted by Crippen LogP contribution is 2.48. The number of alkyl halides is 5. The molecule has 1 rings (SSSR count). The van der Waals surface area contributed by atoms with Crippen molar-refractivity contribution in [3.8, 4) is 0 Å². The molecule has 2 N–H and O–H groups in total. The van der Waals surface area contributed by atoms with Crippen LogP contribution in [0.25, 0.3) is 0 Å². The summed E-state index contributed by atoms with van der Waals surface area (Å²) in [7, 11) is 2.25. The molecule has 0 aliphatic carbocycles. The number of aliphatic hydroxyl groups is 2. The van der Waals surface area contributed by atoms with Crippen LogP contribution >= 0.6 is 0 Å². The van der Waals surface area contributed by atoms with E-state index in [-0.39, 0.29) is 5.56 Å². The van der Waals surface area contributed by atoms with Gasteiger partial charge in [0.05, 0.1) is 0 Å². The van der Waals surface area contributed by atoms with E-state index >= 15 is 0 Å². The highest BCUT2D eigenvalue weighted by molar-refractivity contribution is 5.23. The van der Waals surface area contributed by atoms with Crippen molar-refractivity contribution in [3.05, 3.63) is 35.9 Å². The van der Waals surface area contributed by atoms with Crippen molar-refractivity contribution in [1.29, 1.82) is 0 Å². The van der Waals surface area contributed by atoms with Crippen LogP contribution < -0.4 is 0 Å².